The number of aliphatic hydroxyl groups is 1. The molecule has 0 bridgehead atoms. The average Bonchev–Trinajstić information content (AvgIpc) is 3.24. The maximum Gasteiger partial charge on any atom is 0.223 e. The zero-order chi connectivity index (χ0) is 24.5. The van der Waals surface area contributed by atoms with Crippen molar-refractivity contribution < 1.29 is 9.90 Å². The molecule has 1 amide bonds. The van der Waals surface area contributed by atoms with E-state index in [0.29, 0.717) is 18.1 Å². The Labute approximate surface area is 210 Å². The van der Waals surface area contributed by atoms with Crippen LogP contribution in [0.3, 0.4) is 0 Å². The minimum atomic E-state index is -0.129. The van der Waals surface area contributed by atoms with Crippen molar-refractivity contribution in [2.45, 2.75) is 109 Å². The molecule has 1 aromatic heterocycles. The van der Waals surface area contributed by atoms with Gasteiger partial charge in [-0.15, -0.1) is 0 Å². The van der Waals surface area contributed by atoms with Crippen molar-refractivity contribution in [1.29, 1.82) is 0 Å². The van der Waals surface area contributed by atoms with Gasteiger partial charge < -0.3 is 10.4 Å². The van der Waals surface area contributed by atoms with Crippen molar-refractivity contribution in [2.24, 2.45) is 17.8 Å². The summed E-state index contributed by atoms with van der Waals surface area (Å²) in [6.07, 6.45) is 18.5. The molecule has 1 atom stereocenters. The molecule has 2 aliphatic rings. The van der Waals surface area contributed by atoms with Crippen LogP contribution in [0.15, 0.2) is 22.7 Å². The van der Waals surface area contributed by atoms with E-state index in [2.05, 4.69) is 42.4 Å². The number of thiazole rings is 1. The number of aliphatic hydroxyl groups excluding tert-OH is 1. The summed E-state index contributed by atoms with van der Waals surface area (Å²) in [5.41, 5.74) is 0. The van der Waals surface area contributed by atoms with Crippen molar-refractivity contribution in [3.05, 3.63) is 18.5 Å². The van der Waals surface area contributed by atoms with Crippen molar-refractivity contribution in [3.8, 4) is 0 Å². The van der Waals surface area contributed by atoms with Gasteiger partial charge in [0.25, 0.3) is 0 Å². The van der Waals surface area contributed by atoms with Gasteiger partial charge in [0, 0.05) is 19.9 Å². The summed E-state index contributed by atoms with van der Waals surface area (Å²) in [4.78, 5) is 14.8. The first-order valence-electron chi connectivity index (χ1n) is 12.8. The van der Waals surface area contributed by atoms with Gasteiger partial charge in [-0.2, -0.15) is 0 Å². The van der Waals surface area contributed by atoms with Gasteiger partial charge in [-0.25, -0.2) is 4.98 Å². The second-order valence-electron chi connectivity index (χ2n) is 9.51. The molecule has 7 heteroatoms. The highest BCUT2D eigenvalue weighted by Gasteiger charge is 2.17. The molecule has 2 saturated carbocycles. The van der Waals surface area contributed by atoms with Crippen LogP contribution in [0.2, 0.25) is 0 Å². The third-order valence-corrected chi connectivity index (χ3v) is 8.31. The Kier molecular flexibility index (Phi) is 16.6. The Hall–Kier alpha value is -1.05. The smallest absolute Gasteiger partial charge is 0.223 e. The highest BCUT2D eigenvalue weighted by Crippen LogP contribution is 2.31. The average molecular weight is 498 g/mol. The minimum Gasteiger partial charge on any atom is -0.513 e. The van der Waals surface area contributed by atoms with Crippen LogP contribution in [0.1, 0.15) is 105 Å². The summed E-state index contributed by atoms with van der Waals surface area (Å²) in [6.45, 7) is 12.6. The fourth-order valence-electron chi connectivity index (χ4n) is 4.18. The molecule has 3 N–H and O–H groups in total. The number of rotatable bonds is 8. The van der Waals surface area contributed by atoms with Crippen LogP contribution in [0.4, 0.5) is 5.13 Å². The van der Waals surface area contributed by atoms with Crippen LogP contribution in [0.5, 0.6) is 0 Å². The lowest BCUT2D eigenvalue weighted by Crippen LogP contribution is -2.14. The maximum atomic E-state index is 10.8. The monoisotopic (exact) mass is 497 g/mol. The minimum absolute atomic E-state index is 0.129. The first-order chi connectivity index (χ1) is 15.8. The summed E-state index contributed by atoms with van der Waals surface area (Å²) >= 11 is 2.81. The summed E-state index contributed by atoms with van der Waals surface area (Å²) in [7, 11) is 0. The van der Waals surface area contributed by atoms with E-state index >= 15 is 0 Å². The zero-order valence-electron chi connectivity index (χ0n) is 21.3. The number of carbonyl (C=O) groups excluding carboxylic acids is 1. The molecule has 0 unspecified atom stereocenters. The van der Waals surface area contributed by atoms with Crippen LogP contribution >= 0.6 is 23.3 Å². The fourth-order valence-corrected chi connectivity index (χ4v) is 5.80. The number of carbonyl (C=O) groups is 1. The predicted octanol–water partition coefficient (Wildman–Crippen LogP) is 8.36. The Bertz CT molecular complexity index is 654. The summed E-state index contributed by atoms with van der Waals surface area (Å²) < 4.78 is 4.00. The Morgan fingerprint density at radius 2 is 1.82 bits per heavy atom. The van der Waals surface area contributed by atoms with Crippen molar-refractivity contribution in [1.82, 2.24) is 9.71 Å². The van der Waals surface area contributed by atoms with Crippen molar-refractivity contribution >= 4 is 34.3 Å². The van der Waals surface area contributed by atoms with E-state index in [1.54, 1.807) is 6.20 Å². The van der Waals surface area contributed by atoms with Crippen LogP contribution < -0.4 is 10.0 Å². The molecular formula is C26H47N3O2S2. The lowest BCUT2D eigenvalue weighted by atomic mass is 9.80. The first-order valence-corrected chi connectivity index (χ1v) is 14.4. The van der Waals surface area contributed by atoms with Crippen molar-refractivity contribution in [2.75, 3.05) is 11.9 Å². The number of amides is 1. The number of nitrogens with zero attached hydrogens (tertiary/aromatic N) is 1. The molecular weight excluding hydrogens is 450 g/mol. The second kappa shape index (κ2) is 18.3. The summed E-state index contributed by atoms with van der Waals surface area (Å²) in [5, 5.41) is 12.0. The van der Waals surface area contributed by atoms with E-state index < -0.39 is 0 Å². The van der Waals surface area contributed by atoms with Crippen LogP contribution in [0, 0.1) is 17.8 Å². The molecule has 0 radical (unpaired) electrons. The predicted molar refractivity (Wildman–Crippen MR) is 145 cm³/mol. The van der Waals surface area contributed by atoms with Gasteiger partial charge in [-0.05, 0) is 29.7 Å². The zero-order valence-corrected chi connectivity index (χ0v) is 23.0. The summed E-state index contributed by atoms with van der Waals surface area (Å²) in [5.74, 6) is 3.12. The highest BCUT2D eigenvalue weighted by molar-refractivity contribution is 7.99. The Morgan fingerprint density at radius 3 is 2.30 bits per heavy atom. The molecule has 3 rings (SSSR count). The number of hydrogen-bond acceptors (Lipinski definition) is 6. The van der Waals surface area contributed by atoms with E-state index in [1.807, 2.05) is 0 Å². The lowest BCUT2D eigenvalue weighted by Gasteiger charge is -2.26. The first kappa shape index (κ1) is 30.0. The molecule has 33 heavy (non-hydrogen) atoms. The number of aromatic nitrogens is 1. The van der Waals surface area contributed by atoms with Gasteiger partial charge in [0.1, 0.15) is 0 Å². The molecule has 1 heterocycles. The Balaban J connectivity index is 0.000000271. The van der Waals surface area contributed by atoms with Crippen molar-refractivity contribution in [3.63, 3.8) is 0 Å². The molecule has 2 aliphatic carbocycles. The fraction of sp³-hybridized carbons (Fsp3) is 0.769. The number of anilines is 1. The Morgan fingerprint density at radius 1 is 1.21 bits per heavy atom. The standard InChI is InChI=1S/C10H20.C9H13N3O2S2.C7H14/c1-3-9(2)10-7-5-4-6-8-10;1-6(13)3-4-11-16-8-5-10-9(15-8)12-7(2)14;1-7-5-3-2-4-6-7/h9-10H,3-8H2,1-2H3;5,11,13H,1,3-4H2,2H3,(H,10,12,14);7H,2-6H2,1H3/t9-;;/m1../s1. The number of hydrogen-bond donors (Lipinski definition) is 3. The van der Waals surface area contributed by atoms with E-state index in [9.17, 15) is 4.79 Å². The van der Waals surface area contributed by atoms with E-state index in [1.165, 1.54) is 101 Å². The van der Waals surface area contributed by atoms with Gasteiger partial charge in [-0.3, -0.25) is 9.52 Å². The molecule has 5 nitrogen and oxygen atoms in total. The summed E-state index contributed by atoms with van der Waals surface area (Å²) in [6, 6.07) is 0. The lowest BCUT2D eigenvalue weighted by molar-refractivity contribution is -0.114. The molecule has 190 valence electrons. The van der Waals surface area contributed by atoms with E-state index in [4.69, 9.17) is 5.11 Å². The van der Waals surface area contributed by atoms with Crippen LogP contribution in [-0.2, 0) is 4.79 Å². The third-order valence-electron chi connectivity index (χ3n) is 6.45. The van der Waals surface area contributed by atoms with E-state index in [0.717, 1.165) is 22.0 Å². The van der Waals surface area contributed by atoms with Gasteiger partial charge >= 0.3 is 0 Å². The van der Waals surface area contributed by atoms with E-state index in [-0.39, 0.29) is 11.7 Å². The highest BCUT2D eigenvalue weighted by atomic mass is 32.2. The van der Waals surface area contributed by atoms with Gasteiger partial charge in [-0.1, -0.05) is 109 Å². The van der Waals surface area contributed by atoms with Crippen LogP contribution in [-0.4, -0.2) is 22.5 Å². The molecule has 1 aromatic rings. The van der Waals surface area contributed by atoms with Gasteiger partial charge in [0.05, 0.1) is 16.2 Å². The molecule has 0 saturated heterocycles. The molecule has 0 aliphatic heterocycles. The van der Waals surface area contributed by atoms with Crippen LogP contribution in [0.25, 0.3) is 0 Å². The topological polar surface area (TPSA) is 74.2 Å². The second-order valence-corrected chi connectivity index (χ2v) is 11.7. The number of nitrogens with one attached hydrogen (secondary N) is 2. The largest absolute Gasteiger partial charge is 0.513 e. The normalized spacial score (nSPS) is 17.7. The van der Waals surface area contributed by atoms with Gasteiger partial charge in [0.15, 0.2) is 5.13 Å². The molecule has 2 fully saturated rings. The SMILES string of the molecule is C=C(O)CCNSc1cnc(NC(C)=O)s1.CC1CCCCC1.CC[C@@H](C)C1CCCCC1. The van der Waals surface area contributed by atoms with Gasteiger partial charge in [0.2, 0.25) is 5.91 Å². The maximum absolute atomic E-state index is 10.8. The quantitative estimate of drug-likeness (QED) is 0.191. The third kappa shape index (κ3) is 15.5. The molecule has 0 aromatic carbocycles. The molecule has 0 spiro atoms.